The molecular weight excluding hydrogens is 216 g/mol. The molecule has 1 saturated carbocycles. The number of rotatable bonds is 3. The lowest BCUT2D eigenvalue weighted by atomic mass is 9.84. The van der Waals surface area contributed by atoms with Crippen LogP contribution in [0.15, 0.2) is 0 Å². The van der Waals surface area contributed by atoms with Crippen molar-refractivity contribution in [1.29, 1.82) is 0 Å². The van der Waals surface area contributed by atoms with E-state index in [1.807, 2.05) is 6.92 Å². The zero-order valence-electron chi connectivity index (χ0n) is 10.7. The number of aliphatic hydroxyl groups excluding tert-OH is 1. The maximum absolute atomic E-state index is 12.2. The summed E-state index contributed by atoms with van der Waals surface area (Å²) in [6, 6.07) is 0.269. The average Bonchev–Trinajstić information content (AvgIpc) is 2.78. The van der Waals surface area contributed by atoms with Gasteiger partial charge < -0.3 is 15.7 Å². The van der Waals surface area contributed by atoms with Gasteiger partial charge in [-0.1, -0.05) is 6.42 Å². The van der Waals surface area contributed by atoms with Gasteiger partial charge in [0.2, 0.25) is 5.91 Å². The molecule has 4 heteroatoms. The number of carbonyl (C=O) groups is 1. The van der Waals surface area contributed by atoms with Crippen LogP contribution in [0.1, 0.15) is 39.0 Å². The molecule has 1 saturated heterocycles. The molecule has 0 aromatic rings. The van der Waals surface area contributed by atoms with Crippen LogP contribution in [0.4, 0.5) is 0 Å². The Bertz CT molecular complexity index is 275. The molecule has 1 heterocycles. The fourth-order valence-electron chi connectivity index (χ4n) is 2.96. The van der Waals surface area contributed by atoms with Crippen LogP contribution in [0.25, 0.3) is 0 Å². The molecule has 3 N–H and O–H groups in total. The molecule has 1 aliphatic heterocycles. The Morgan fingerprint density at radius 2 is 2.35 bits per heavy atom. The van der Waals surface area contributed by atoms with Gasteiger partial charge in [0.05, 0.1) is 5.41 Å². The minimum Gasteiger partial charge on any atom is -0.396 e. The maximum atomic E-state index is 12.2. The summed E-state index contributed by atoms with van der Waals surface area (Å²) < 4.78 is 0. The standard InChI is InChI=1S/C13H24N2O2/c1-13(5-6-14-9-13)12(17)15-11-4-2-3-10(7-11)8-16/h10-11,14,16H,2-9H2,1H3,(H,15,17). The largest absolute Gasteiger partial charge is 0.396 e. The molecule has 0 aromatic carbocycles. The quantitative estimate of drug-likeness (QED) is 0.679. The molecule has 0 radical (unpaired) electrons. The Morgan fingerprint density at radius 1 is 1.53 bits per heavy atom. The first-order chi connectivity index (χ1) is 8.14. The number of aliphatic hydroxyl groups is 1. The minimum atomic E-state index is -0.230. The Hall–Kier alpha value is -0.610. The molecule has 0 aromatic heterocycles. The summed E-state index contributed by atoms with van der Waals surface area (Å²) in [5.41, 5.74) is -0.230. The zero-order valence-corrected chi connectivity index (χ0v) is 10.7. The van der Waals surface area contributed by atoms with Crippen LogP contribution in [0.2, 0.25) is 0 Å². The van der Waals surface area contributed by atoms with Gasteiger partial charge >= 0.3 is 0 Å². The van der Waals surface area contributed by atoms with Crippen LogP contribution >= 0.6 is 0 Å². The highest BCUT2D eigenvalue weighted by Crippen LogP contribution is 2.28. The van der Waals surface area contributed by atoms with Gasteiger partial charge in [0.1, 0.15) is 0 Å². The van der Waals surface area contributed by atoms with E-state index in [1.54, 1.807) is 0 Å². The van der Waals surface area contributed by atoms with Crippen molar-refractivity contribution in [3.05, 3.63) is 0 Å². The molecular formula is C13H24N2O2. The molecule has 3 atom stereocenters. The van der Waals surface area contributed by atoms with Crippen LogP contribution < -0.4 is 10.6 Å². The number of hydrogen-bond acceptors (Lipinski definition) is 3. The molecule has 17 heavy (non-hydrogen) atoms. The van der Waals surface area contributed by atoms with Crippen molar-refractivity contribution in [3.63, 3.8) is 0 Å². The first-order valence-electron chi connectivity index (χ1n) is 6.76. The van der Waals surface area contributed by atoms with Gasteiger partial charge in [-0.15, -0.1) is 0 Å². The second kappa shape index (κ2) is 5.36. The second-order valence-corrected chi connectivity index (χ2v) is 5.87. The molecule has 1 amide bonds. The molecule has 0 spiro atoms. The van der Waals surface area contributed by atoms with Crippen LogP contribution in [0.5, 0.6) is 0 Å². The molecule has 2 fully saturated rings. The van der Waals surface area contributed by atoms with Gasteiger partial charge in [-0.05, 0) is 45.1 Å². The lowest BCUT2D eigenvalue weighted by Crippen LogP contribution is -2.47. The predicted molar refractivity (Wildman–Crippen MR) is 66.6 cm³/mol. The molecule has 2 aliphatic rings. The number of amides is 1. The summed E-state index contributed by atoms with van der Waals surface area (Å²) in [5, 5.41) is 15.6. The van der Waals surface area contributed by atoms with Crippen molar-refractivity contribution in [2.24, 2.45) is 11.3 Å². The summed E-state index contributed by atoms with van der Waals surface area (Å²) in [4.78, 5) is 12.2. The highest BCUT2D eigenvalue weighted by atomic mass is 16.3. The Labute approximate surface area is 103 Å². The van der Waals surface area contributed by atoms with Crippen molar-refractivity contribution in [3.8, 4) is 0 Å². The van der Waals surface area contributed by atoms with Crippen LogP contribution in [0.3, 0.4) is 0 Å². The number of carbonyl (C=O) groups excluding carboxylic acids is 1. The summed E-state index contributed by atoms with van der Waals surface area (Å²) in [6.45, 7) is 4.02. The van der Waals surface area contributed by atoms with Gasteiger partial charge in [0, 0.05) is 19.2 Å². The van der Waals surface area contributed by atoms with Crippen molar-refractivity contribution < 1.29 is 9.90 Å². The van der Waals surface area contributed by atoms with Gasteiger partial charge in [0.15, 0.2) is 0 Å². The van der Waals surface area contributed by atoms with Gasteiger partial charge in [-0.3, -0.25) is 4.79 Å². The van der Waals surface area contributed by atoms with E-state index in [1.165, 1.54) is 0 Å². The van der Waals surface area contributed by atoms with Crippen molar-refractivity contribution in [2.45, 2.75) is 45.1 Å². The normalized spacial score (nSPS) is 38.0. The van der Waals surface area contributed by atoms with E-state index >= 15 is 0 Å². The van der Waals surface area contributed by atoms with Crippen molar-refractivity contribution in [1.82, 2.24) is 10.6 Å². The van der Waals surface area contributed by atoms with E-state index in [2.05, 4.69) is 10.6 Å². The third kappa shape index (κ3) is 2.99. The van der Waals surface area contributed by atoms with Crippen molar-refractivity contribution >= 4 is 5.91 Å². The first-order valence-corrected chi connectivity index (χ1v) is 6.76. The highest BCUT2D eigenvalue weighted by Gasteiger charge is 2.37. The fourth-order valence-corrected chi connectivity index (χ4v) is 2.96. The summed E-state index contributed by atoms with van der Waals surface area (Å²) in [5.74, 6) is 0.564. The van der Waals surface area contributed by atoms with E-state index in [0.717, 1.165) is 45.2 Å². The molecule has 4 nitrogen and oxygen atoms in total. The first kappa shape index (κ1) is 12.8. The smallest absolute Gasteiger partial charge is 0.227 e. The second-order valence-electron chi connectivity index (χ2n) is 5.87. The molecule has 3 unspecified atom stereocenters. The van der Waals surface area contributed by atoms with Crippen LogP contribution in [-0.4, -0.2) is 36.8 Å². The maximum Gasteiger partial charge on any atom is 0.227 e. The topological polar surface area (TPSA) is 61.4 Å². The van der Waals surface area contributed by atoms with Crippen LogP contribution in [0, 0.1) is 11.3 Å². The Kier molecular flexibility index (Phi) is 4.05. The molecule has 2 rings (SSSR count). The van der Waals surface area contributed by atoms with E-state index in [4.69, 9.17) is 0 Å². The van der Waals surface area contributed by atoms with E-state index in [9.17, 15) is 9.90 Å². The summed E-state index contributed by atoms with van der Waals surface area (Å²) >= 11 is 0. The Balaban J connectivity index is 1.85. The minimum absolute atomic E-state index is 0.186. The Morgan fingerprint density at radius 3 is 3.00 bits per heavy atom. The van der Waals surface area contributed by atoms with Crippen molar-refractivity contribution in [2.75, 3.05) is 19.7 Å². The third-order valence-electron chi connectivity index (χ3n) is 4.29. The monoisotopic (exact) mass is 240 g/mol. The summed E-state index contributed by atoms with van der Waals surface area (Å²) in [6.07, 6.45) is 5.14. The van der Waals surface area contributed by atoms with Gasteiger partial charge in [0.25, 0.3) is 0 Å². The SMILES string of the molecule is CC1(C(=O)NC2CCCC(CO)C2)CCNC1. The lowest BCUT2D eigenvalue weighted by molar-refractivity contribution is -0.130. The fraction of sp³-hybridized carbons (Fsp3) is 0.923. The number of nitrogens with one attached hydrogen (secondary N) is 2. The van der Waals surface area contributed by atoms with E-state index in [0.29, 0.717) is 5.92 Å². The third-order valence-corrected chi connectivity index (χ3v) is 4.29. The van der Waals surface area contributed by atoms with Crippen LogP contribution in [-0.2, 0) is 4.79 Å². The average molecular weight is 240 g/mol. The molecule has 98 valence electrons. The van der Waals surface area contributed by atoms with E-state index < -0.39 is 0 Å². The summed E-state index contributed by atoms with van der Waals surface area (Å²) in [7, 11) is 0. The zero-order chi connectivity index (χ0) is 12.3. The van der Waals surface area contributed by atoms with Gasteiger partial charge in [-0.25, -0.2) is 0 Å². The predicted octanol–water partition coefficient (Wildman–Crippen LogP) is 0.653. The van der Waals surface area contributed by atoms with E-state index in [-0.39, 0.29) is 24.0 Å². The lowest BCUT2D eigenvalue weighted by Gasteiger charge is -2.31. The highest BCUT2D eigenvalue weighted by molar-refractivity contribution is 5.83. The molecule has 1 aliphatic carbocycles. The number of hydrogen-bond donors (Lipinski definition) is 3. The molecule has 0 bridgehead atoms. The van der Waals surface area contributed by atoms with Gasteiger partial charge in [-0.2, -0.15) is 0 Å².